The summed E-state index contributed by atoms with van der Waals surface area (Å²) in [6, 6.07) is 8.07. The number of furan rings is 1. The van der Waals surface area contributed by atoms with Gasteiger partial charge in [0.15, 0.2) is 11.5 Å². The SMILES string of the molecule is COc1cc(C=NN)ccc1OC(=O)c1ccco1. The fourth-order valence-corrected chi connectivity index (χ4v) is 1.48. The summed E-state index contributed by atoms with van der Waals surface area (Å²) in [5.41, 5.74) is 0.733. The molecule has 98 valence electrons. The molecule has 0 spiro atoms. The smallest absolute Gasteiger partial charge is 0.379 e. The molecule has 0 saturated heterocycles. The molecular weight excluding hydrogens is 248 g/mol. The minimum atomic E-state index is -0.594. The van der Waals surface area contributed by atoms with E-state index in [1.165, 1.54) is 25.7 Å². The second kappa shape index (κ2) is 5.72. The number of hydrogen-bond donors (Lipinski definition) is 1. The molecule has 0 aliphatic heterocycles. The van der Waals surface area contributed by atoms with Gasteiger partial charge in [-0.3, -0.25) is 0 Å². The van der Waals surface area contributed by atoms with Crippen LogP contribution in [0, 0.1) is 0 Å². The van der Waals surface area contributed by atoms with E-state index >= 15 is 0 Å². The van der Waals surface area contributed by atoms with Crippen LogP contribution in [-0.2, 0) is 0 Å². The van der Waals surface area contributed by atoms with Gasteiger partial charge in [0.25, 0.3) is 0 Å². The van der Waals surface area contributed by atoms with Crippen LogP contribution in [0.25, 0.3) is 0 Å². The third-order valence-electron chi connectivity index (χ3n) is 2.34. The summed E-state index contributed by atoms with van der Waals surface area (Å²) < 4.78 is 15.3. The van der Waals surface area contributed by atoms with Crippen molar-refractivity contribution in [2.45, 2.75) is 0 Å². The molecule has 6 heteroatoms. The maximum atomic E-state index is 11.7. The zero-order chi connectivity index (χ0) is 13.7. The van der Waals surface area contributed by atoms with Crippen LogP contribution < -0.4 is 15.3 Å². The molecule has 0 atom stereocenters. The van der Waals surface area contributed by atoms with Crippen LogP contribution in [0.15, 0.2) is 46.1 Å². The maximum absolute atomic E-state index is 11.7. The average molecular weight is 260 g/mol. The topological polar surface area (TPSA) is 87.0 Å². The van der Waals surface area contributed by atoms with E-state index in [1.807, 2.05) is 0 Å². The number of ether oxygens (including phenoxy) is 2. The molecule has 0 radical (unpaired) electrons. The van der Waals surface area contributed by atoms with Crippen molar-refractivity contribution in [1.82, 2.24) is 0 Å². The Morgan fingerprint density at radius 1 is 1.37 bits per heavy atom. The summed E-state index contributed by atoms with van der Waals surface area (Å²) in [6.45, 7) is 0. The van der Waals surface area contributed by atoms with Crippen molar-refractivity contribution < 1.29 is 18.7 Å². The van der Waals surface area contributed by atoms with Crippen molar-refractivity contribution in [3.63, 3.8) is 0 Å². The number of nitrogens with two attached hydrogens (primary N) is 1. The summed E-state index contributed by atoms with van der Waals surface area (Å²) >= 11 is 0. The van der Waals surface area contributed by atoms with Gasteiger partial charge >= 0.3 is 5.97 Å². The third kappa shape index (κ3) is 2.92. The van der Waals surface area contributed by atoms with Crippen molar-refractivity contribution in [1.29, 1.82) is 0 Å². The fourth-order valence-electron chi connectivity index (χ4n) is 1.48. The Kier molecular flexibility index (Phi) is 3.82. The predicted octanol–water partition coefficient (Wildman–Crippen LogP) is 1.80. The van der Waals surface area contributed by atoms with Crippen LogP contribution in [0.2, 0.25) is 0 Å². The van der Waals surface area contributed by atoms with Gasteiger partial charge in [-0.05, 0) is 35.9 Å². The third-order valence-corrected chi connectivity index (χ3v) is 2.34. The van der Waals surface area contributed by atoms with Crippen molar-refractivity contribution in [2.24, 2.45) is 10.9 Å². The van der Waals surface area contributed by atoms with E-state index in [0.29, 0.717) is 5.75 Å². The van der Waals surface area contributed by atoms with E-state index in [-0.39, 0.29) is 11.5 Å². The monoisotopic (exact) mass is 260 g/mol. The van der Waals surface area contributed by atoms with Gasteiger partial charge in [0.05, 0.1) is 19.6 Å². The molecule has 0 bridgehead atoms. The van der Waals surface area contributed by atoms with Crippen molar-refractivity contribution >= 4 is 12.2 Å². The lowest BCUT2D eigenvalue weighted by Crippen LogP contribution is -2.08. The Balaban J connectivity index is 2.22. The first kappa shape index (κ1) is 12.7. The van der Waals surface area contributed by atoms with Gasteiger partial charge in [-0.2, -0.15) is 5.10 Å². The highest BCUT2D eigenvalue weighted by Gasteiger charge is 2.14. The van der Waals surface area contributed by atoms with Crippen LogP contribution >= 0.6 is 0 Å². The zero-order valence-corrected chi connectivity index (χ0v) is 10.2. The number of hydrazone groups is 1. The first-order valence-corrected chi connectivity index (χ1v) is 5.41. The van der Waals surface area contributed by atoms with Crippen LogP contribution in [0.4, 0.5) is 0 Å². The molecule has 1 aromatic heterocycles. The molecule has 0 saturated carbocycles. The van der Waals surface area contributed by atoms with Crippen LogP contribution in [-0.4, -0.2) is 19.3 Å². The largest absolute Gasteiger partial charge is 0.493 e. The van der Waals surface area contributed by atoms with E-state index < -0.39 is 5.97 Å². The van der Waals surface area contributed by atoms with Gasteiger partial charge in [0, 0.05) is 0 Å². The molecule has 19 heavy (non-hydrogen) atoms. The highest BCUT2D eigenvalue weighted by atomic mass is 16.6. The second-order valence-corrected chi connectivity index (χ2v) is 3.56. The predicted molar refractivity (Wildman–Crippen MR) is 68.4 cm³/mol. The first-order valence-electron chi connectivity index (χ1n) is 5.41. The summed E-state index contributed by atoms with van der Waals surface area (Å²) in [4.78, 5) is 11.7. The first-order chi connectivity index (χ1) is 9.24. The van der Waals surface area contributed by atoms with Crippen molar-refractivity contribution in [3.05, 3.63) is 47.9 Å². The molecule has 6 nitrogen and oxygen atoms in total. The van der Waals surface area contributed by atoms with Crippen LogP contribution in [0.1, 0.15) is 16.1 Å². The molecule has 0 amide bonds. The summed E-state index contributed by atoms with van der Waals surface area (Å²) in [5.74, 6) is 5.28. The standard InChI is InChI=1S/C13H12N2O4/c1-17-12-7-9(8-15-14)4-5-10(12)19-13(16)11-3-2-6-18-11/h2-8H,14H2,1H3. The van der Waals surface area contributed by atoms with Crippen LogP contribution in [0.3, 0.4) is 0 Å². The lowest BCUT2D eigenvalue weighted by atomic mass is 10.2. The van der Waals surface area contributed by atoms with Gasteiger partial charge in [0.2, 0.25) is 5.76 Å². The Hall–Kier alpha value is -2.76. The van der Waals surface area contributed by atoms with Crippen LogP contribution in [0.5, 0.6) is 11.5 Å². The van der Waals surface area contributed by atoms with Gasteiger partial charge < -0.3 is 19.7 Å². The molecule has 0 fully saturated rings. The van der Waals surface area contributed by atoms with E-state index in [1.54, 1.807) is 24.3 Å². The molecule has 0 aliphatic carbocycles. The van der Waals surface area contributed by atoms with E-state index in [9.17, 15) is 4.79 Å². The number of esters is 1. The fraction of sp³-hybridized carbons (Fsp3) is 0.0769. The van der Waals surface area contributed by atoms with Gasteiger partial charge in [-0.1, -0.05) is 0 Å². The molecule has 2 aromatic rings. The molecular formula is C13H12N2O4. The molecule has 1 heterocycles. The number of nitrogens with zero attached hydrogens (tertiary/aromatic N) is 1. The minimum absolute atomic E-state index is 0.120. The highest BCUT2D eigenvalue weighted by Crippen LogP contribution is 2.28. The summed E-state index contributed by atoms with van der Waals surface area (Å²) in [5, 5.41) is 3.41. The highest BCUT2D eigenvalue weighted by molar-refractivity contribution is 5.88. The van der Waals surface area contributed by atoms with Gasteiger partial charge in [-0.25, -0.2) is 4.79 Å². The Morgan fingerprint density at radius 3 is 2.84 bits per heavy atom. The van der Waals surface area contributed by atoms with E-state index in [4.69, 9.17) is 19.7 Å². The average Bonchev–Trinajstić information content (AvgIpc) is 2.94. The summed E-state index contributed by atoms with van der Waals surface area (Å²) in [7, 11) is 1.48. The van der Waals surface area contributed by atoms with E-state index in [2.05, 4.69) is 5.10 Å². The van der Waals surface area contributed by atoms with Gasteiger partial charge in [-0.15, -0.1) is 0 Å². The molecule has 2 rings (SSSR count). The number of benzene rings is 1. The lowest BCUT2D eigenvalue weighted by Gasteiger charge is -2.08. The number of carbonyl (C=O) groups excluding carboxylic acids is 1. The molecule has 0 unspecified atom stereocenters. The minimum Gasteiger partial charge on any atom is -0.493 e. The summed E-state index contributed by atoms with van der Waals surface area (Å²) in [6.07, 6.45) is 2.86. The Labute approximate surface area is 109 Å². The quantitative estimate of drug-likeness (QED) is 0.298. The van der Waals surface area contributed by atoms with Crippen molar-refractivity contribution in [3.8, 4) is 11.5 Å². The number of methoxy groups -OCH3 is 1. The zero-order valence-electron chi connectivity index (χ0n) is 10.2. The number of hydrogen-bond acceptors (Lipinski definition) is 6. The van der Waals surface area contributed by atoms with Crippen molar-refractivity contribution in [2.75, 3.05) is 7.11 Å². The normalized spacial score (nSPS) is 10.6. The Bertz CT molecular complexity index is 591. The maximum Gasteiger partial charge on any atom is 0.379 e. The second-order valence-electron chi connectivity index (χ2n) is 3.56. The Morgan fingerprint density at radius 2 is 2.21 bits per heavy atom. The molecule has 2 N–H and O–H groups in total. The van der Waals surface area contributed by atoms with E-state index in [0.717, 1.165) is 5.56 Å². The number of rotatable bonds is 4. The molecule has 1 aromatic carbocycles. The lowest BCUT2D eigenvalue weighted by molar-refractivity contribution is 0.0696. The molecule has 0 aliphatic rings. The number of carbonyl (C=O) groups is 1. The van der Waals surface area contributed by atoms with Gasteiger partial charge in [0.1, 0.15) is 0 Å².